The Morgan fingerprint density at radius 3 is 2.40 bits per heavy atom. The molecular formula is C14H24N2O3S. The van der Waals surface area contributed by atoms with E-state index in [1.807, 2.05) is 11.8 Å². The van der Waals surface area contributed by atoms with Gasteiger partial charge in [0.05, 0.1) is 5.92 Å². The Labute approximate surface area is 124 Å². The van der Waals surface area contributed by atoms with E-state index in [2.05, 4.69) is 11.6 Å². The van der Waals surface area contributed by atoms with Crippen LogP contribution in [0.5, 0.6) is 0 Å². The van der Waals surface area contributed by atoms with Crippen LogP contribution in [0, 0.1) is 5.92 Å². The largest absolute Gasteiger partial charge is 0.481 e. The van der Waals surface area contributed by atoms with Crippen LogP contribution in [0.15, 0.2) is 0 Å². The van der Waals surface area contributed by atoms with Crippen LogP contribution in [-0.4, -0.2) is 52.6 Å². The van der Waals surface area contributed by atoms with Crippen molar-refractivity contribution in [2.45, 2.75) is 49.8 Å². The van der Waals surface area contributed by atoms with Gasteiger partial charge in [0.15, 0.2) is 0 Å². The lowest BCUT2D eigenvalue weighted by Crippen LogP contribution is -2.51. The summed E-state index contributed by atoms with van der Waals surface area (Å²) in [7, 11) is 0. The molecule has 2 rings (SSSR count). The number of thioether (sulfide) groups is 1. The van der Waals surface area contributed by atoms with Crippen molar-refractivity contribution >= 4 is 23.8 Å². The molecule has 0 spiro atoms. The molecule has 0 unspecified atom stereocenters. The third-order valence-electron chi connectivity index (χ3n) is 4.45. The number of rotatable bonds is 3. The molecule has 2 atom stereocenters. The zero-order chi connectivity index (χ0) is 14.5. The second kappa shape index (κ2) is 7.20. The Hall–Kier alpha value is -0.910. The van der Waals surface area contributed by atoms with Crippen molar-refractivity contribution < 1.29 is 14.7 Å². The number of aliphatic carboxylic acids is 1. The van der Waals surface area contributed by atoms with Crippen LogP contribution in [0.3, 0.4) is 0 Å². The summed E-state index contributed by atoms with van der Waals surface area (Å²) >= 11 is 1.84. The molecule has 0 aromatic carbocycles. The van der Waals surface area contributed by atoms with Gasteiger partial charge in [-0.3, -0.25) is 4.79 Å². The highest BCUT2D eigenvalue weighted by Gasteiger charge is 2.30. The first-order chi connectivity index (χ1) is 9.61. The summed E-state index contributed by atoms with van der Waals surface area (Å²) in [4.78, 5) is 24.9. The number of carboxylic acid groups (broad SMARTS) is 1. The zero-order valence-corrected chi connectivity index (χ0v) is 12.8. The third-order valence-corrected chi connectivity index (χ3v) is 5.62. The number of amides is 2. The SMILES string of the molecule is CS[C@H]1CCCC[C@@H]1NC(=O)N1CCC(C(=O)O)CC1. The minimum absolute atomic E-state index is 0.0141. The van der Waals surface area contributed by atoms with E-state index in [9.17, 15) is 9.59 Å². The number of urea groups is 1. The average Bonchev–Trinajstić information content (AvgIpc) is 2.48. The number of likely N-dealkylation sites (tertiary alicyclic amines) is 1. The lowest BCUT2D eigenvalue weighted by atomic mass is 9.94. The smallest absolute Gasteiger partial charge is 0.317 e. The van der Waals surface area contributed by atoms with Gasteiger partial charge in [0, 0.05) is 24.4 Å². The molecule has 2 aliphatic rings. The summed E-state index contributed by atoms with van der Waals surface area (Å²) in [5, 5.41) is 12.6. The molecule has 1 saturated carbocycles. The molecule has 0 bridgehead atoms. The number of carboxylic acids is 1. The number of piperidine rings is 1. The topological polar surface area (TPSA) is 69.6 Å². The fourth-order valence-corrected chi connectivity index (χ4v) is 4.06. The predicted octanol–water partition coefficient (Wildman–Crippen LogP) is 2.17. The quantitative estimate of drug-likeness (QED) is 0.838. The highest BCUT2D eigenvalue weighted by Crippen LogP contribution is 2.27. The van der Waals surface area contributed by atoms with E-state index in [-0.39, 0.29) is 18.0 Å². The molecule has 1 aliphatic carbocycles. The predicted molar refractivity (Wildman–Crippen MR) is 80.0 cm³/mol. The van der Waals surface area contributed by atoms with Crippen molar-refractivity contribution in [2.24, 2.45) is 5.92 Å². The van der Waals surface area contributed by atoms with Gasteiger partial charge in [-0.25, -0.2) is 4.79 Å². The Bertz CT molecular complexity index is 356. The van der Waals surface area contributed by atoms with Crippen LogP contribution in [0.25, 0.3) is 0 Å². The fraction of sp³-hybridized carbons (Fsp3) is 0.857. The van der Waals surface area contributed by atoms with Crippen LogP contribution < -0.4 is 5.32 Å². The minimum Gasteiger partial charge on any atom is -0.481 e. The number of nitrogens with one attached hydrogen (secondary N) is 1. The van der Waals surface area contributed by atoms with Crippen LogP contribution in [0.4, 0.5) is 4.79 Å². The average molecular weight is 300 g/mol. The molecule has 0 aromatic heterocycles. The molecule has 0 aromatic rings. The van der Waals surface area contributed by atoms with E-state index < -0.39 is 5.97 Å². The van der Waals surface area contributed by atoms with Gasteiger partial charge in [-0.05, 0) is 31.9 Å². The Morgan fingerprint density at radius 2 is 1.80 bits per heavy atom. The molecule has 5 nitrogen and oxygen atoms in total. The monoisotopic (exact) mass is 300 g/mol. The molecule has 2 N–H and O–H groups in total. The maximum atomic E-state index is 12.3. The highest BCUT2D eigenvalue weighted by molar-refractivity contribution is 7.99. The van der Waals surface area contributed by atoms with E-state index in [0.29, 0.717) is 31.2 Å². The Kier molecular flexibility index (Phi) is 5.57. The number of hydrogen-bond donors (Lipinski definition) is 2. The number of carbonyl (C=O) groups is 2. The van der Waals surface area contributed by atoms with Crippen molar-refractivity contribution in [1.82, 2.24) is 10.2 Å². The molecule has 6 heteroatoms. The molecular weight excluding hydrogens is 276 g/mol. The number of hydrogen-bond acceptors (Lipinski definition) is 3. The number of nitrogens with zero attached hydrogens (tertiary/aromatic N) is 1. The first-order valence-electron chi connectivity index (χ1n) is 7.43. The molecule has 20 heavy (non-hydrogen) atoms. The molecule has 1 heterocycles. The van der Waals surface area contributed by atoms with Crippen LogP contribution in [0.1, 0.15) is 38.5 Å². The third kappa shape index (κ3) is 3.81. The summed E-state index contributed by atoms with van der Waals surface area (Å²) in [6.45, 7) is 1.11. The second-order valence-electron chi connectivity index (χ2n) is 5.71. The lowest BCUT2D eigenvalue weighted by Gasteiger charge is -2.35. The molecule has 0 radical (unpaired) electrons. The Morgan fingerprint density at radius 1 is 1.15 bits per heavy atom. The van der Waals surface area contributed by atoms with Gasteiger partial charge in [0.25, 0.3) is 0 Å². The first kappa shape index (κ1) is 15.5. The van der Waals surface area contributed by atoms with Crippen molar-refractivity contribution in [1.29, 1.82) is 0 Å². The maximum absolute atomic E-state index is 12.3. The van der Waals surface area contributed by atoms with Gasteiger partial charge < -0.3 is 15.3 Å². The fourth-order valence-electron chi connectivity index (χ4n) is 3.12. The summed E-state index contributed by atoms with van der Waals surface area (Å²) in [6, 6.07) is 0.253. The second-order valence-corrected chi connectivity index (χ2v) is 6.79. The van der Waals surface area contributed by atoms with Crippen LogP contribution in [-0.2, 0) is 4.79 Å². The summed E-state index contributed by atoms with van der Waals surface area (Å²) in [6.07, 6.45) is 7.91. The van der Waals surface area contributed by atoms with E-state index in [1.54, 1.807) is 4.90 Å². The zero-order valence-electron chi connectivity index (χ0n) is 12.0. The van der Waals surface area contributed by atoms with Gasteiger partial charge in [-0.2, -0.15) is 11.8 Å². The molecule has 2 fully saturated rings. The van der Waals surface area contributed by atoms with Crippen molar-refractivity contribution in [3.8, 4) is 0 Å². The van der Waals surface area contributed by atoms with Crippen LogP contribution >= 0.6 is 11.8 Å². The number of carbonyl (C=O) groups excluding carboxylic acids is 1. The Balaban J connectivity index is 1.81. The minimum atomic E-state index is -0.736. The lowest BCUT2D eigenvalue weighted by molar-refractivity contribution is -0.143. The first-order valence-corrected chi connectivity index (χ1v) is 8.71. The standard InChI is InChI=1S/C14H24N2O3S/c1-20-12-5-3-2-4-11(12)15-14(19)16-8-6-10(7-9-16)13(17)18/h10-12H,2-9H2,1H3,(H,15,19)(H,17,18)/t11-,12-/m0/s1. The van der Waals surface area contributed by atoms with Crippen molar-refractivity contribution in [2.75, 3.05) is 19.3 Å². The summed E-state index contributed by atoms with van der Waals surface area (Å²) < 4.78 is 0. The van der Waals surface area contributed by atoms with Crippen molar-refractivity contribution in [3.05, 3.63) is 0 Å². The summed E-state index contributed by atoms with van der Waals surface area (Å²) in [5.41, 5.74) is 0. The molecule has 2 amide bonds. The van der Waals surface area contributed by atoms with E-state index >= 15 is 0 Å². The van der Waals surface area contributed by atoms with Gasteiger partial charge in [-0.15, -0.1) is 0 Å². The van der Waals surface area contributed by atoms with E-state index in [1.165, 1.54) is 19.3 Å². The van der Waals surface area contributed by atoms with Gasteiger partial charge in [-0.1, -0.05) is 12.8 Å². The van der Waals surface area contributed by atoms with Crippen molar-refractivity contribution in [3.63, 3.8) is 0 Å². The van der Waals surface area contributed by atoms with Crippen LogP contribution in [0.2, 0.25) is 0 Å². The molecule has 1 saturated heterocycles. The summed E-state index contributed by atoms with van der Waals surface area (Å²) in [5.74, 6) is -1.02. The van der Waals surface area contributed by atoms with E-state index in [0.717, 1.165) is 6.42 Å². The molecule has 1 aliphatic heterocycles. The van der Waals surface area contributed by atoms with Gasteiger partial charge >= 0.3 is 12.0 Å². The maximum Gasteiger partial charge on any atom is 0.317 e. The highest BCUT2D eigenvalue weighted by atomic mass is 32.2. The molecule has 114 valence electrons. The normalized spacial score (nSPS) is 28.1. The van der Waals surface area contributed by atoms with Gasteiger partial charge in [0.1, 0.15) is 0 Å². The van der Waals surface area contributed by atoms with E-state index in [4.69, 9.17) is 5.11 Å². The van der Waals surface area contributed by atoms with Gasteiger partial charge in [0.2, 0.25) is 0 Å².